The van der Waals surface area contributed by atoms with Crippen LogP contribution in [-0.4, -0.2) is 27.1 Å². The van der Waals surface area contributed by atoms with Gasteiger partial charge in [0.25, 0.3) is 0 Å². The lowest BCUT2D eigenvalue weighted by Gasteiger charge is -2.15. The summed E-state index contributed by atoms with van der Waals surface area (Å²) in [5.41, 5.74) is 8.54. The number of fused-ring (bicyclic) bond motifs is 1. The zero-order valence-corrected chi connectivity index (χ0v) is 15.2. The minimum atomic E-state index is -0.731. The molecule has 2 aromatic carbocycles. The van der Waals surface area contributed by atoms with Gasteiger partial charge in [0, 0.05) is 21.7 Å². The van der Waals surface area contributed by atoms with E-state index in [4.69, 9.17) is 17.3 Å². The first-order valence-electron chi connectivity index (χ1n) is 8.17. The molecule has 0 radical (unpaired) electrons. The Morgan fingerprint density at radius 1 is 1.19 bits per heavy atom. The van der Waals surface area contributed by atoms with Gasteiger partial charge in [0.1, 0.15) is 0 Å². The highest BCUT2D eigenvalue weighted by Crippen LogP contribution is 2.30. The number of aromatic nitrogens is 2. The number of halogens is 1. The molecule has 2 atom stereocenters. The van der Waals surface area contributed by atoms with E-state index in [1.54, 1.807) is 44.2 Å². The first-order chi connectivity index (χ1) is 12.3. The molecule has 1 heterocycles. The van der Waals surface area contributed by atoms with Gasteiger partial charge in [-0.2, -0.15) is 0 Å². The molecule has 0 saturated heterocycles. The van der Waals surface area contributed by atoms with Crippen LogP contribution in [-0.2, 0) is 4.79 Å². The summed E-state index contributed by atoms with van der Waals surface area (Å²) >= 11 is 6.11. The maximum absolute atomic E-state index is 12.2. The van der Waals surface area contributed by atoms with Crippen LogP contribution in [0, 0.1) is 5.92 Å². The van der Waals surface area contributed by atoms with Crippen molar-refractivity contribution in [1.82, 2.24) is 9.97 Å². The van der Waals surface area contributed by atoms with E-state index >= 15 is 0 Å². The molecule has 7 heteroatoms. The molecule has 0 saturated carbocycles. The second-order valence-electron chi connectivity index (χ2n) is 6.19. The molecule has 0 fully saturated rings. The monoisotopic (exact) mass is 370 g/mol. The van der Waals surface area contributed by atoms with E-state index in [1.165, 1.54) is 0 Å². The summed E-state index contributed by atoms with van der Waals surface area (Å²) in [4.78, 5) is 20.8. The molecule has 1 unspecified atom stereocenters. The number of carbonyl (C=O) groups excluding carboxylic acids is 1. The topological polar surface area (TPSA) is 101 Å². The van der Waals surface area contributed by atoms with Gasteiger partial charge in [-0.1, -0.05) is 30.7 Å². The predicted molar refractivity (Wildman–Crippen MR) is 104 cm³/mol. The van der Waals surface area contributed by atoms with Gasteiger partial charge in [0.15, 0.2) is 0 Å². The van der Waals surface area contributed by atoms with E-state index < -0.39 is 12.0 Å². The van der Waals surface area contributed by atoms with Crippen LogP contribution in [0.1, 0.15) is 13.8 Å². The number of benzene rings is 2. The van der Waals surface area contributed by atoms with Crippen LogP contribution in [0.4, 0.5) is 11.6 Å². The van der Waals surface area contributed by atoms with E-state index in [1.807, 2.05) is 12.1 Å². The Balaban J connectivity index is 2.02. The average Bonchev–Trinajstić information content (AvgIpc) is 2.60. The van der Waals surface area contributed by atoms with Crippen molar-refractivity contribution in [2.45, 2.75) is 20.0 Å². The van der Waals surface area contributed by atoms with E-state index in [0.717, 1.165) is 10.9 Å². The molecular formula is C19H19ClN4O2. The van der Waals surface area contributed by atoms with Crippen molar-refractivity contribution in [3.63, 3.8) is 0 Å². The van der Waals surface area contributed by atoms with Gasteiger partial charge in [-0.3, -0.25) is 4.79 Å². The predicted octanol–water partition coefficient (Wildman–Crippen LogP) is 3.49. The van der Waals surface area contributed by atoms with Crippen LogP contribution in [0.5, 0.6) is 0 Å². The maximum Gasteiger partial charge on any atom is 0.229 e. The van der Waals surface area contributed by atoms with Crippen molar-refractivity contribution in [2.24, 2.45) is 5.92 Å². The van der Waals surface area contributed by atoms with Gasteiger partial charge in [-0.25, -0.2) is 9.97 Å². The smallest absolute Gasteiger partial charge is 0.229 e. The summed E-state index contributed by atoms with van der Waals surface area (Å²) in [5, 5.41) is 13.7. The molecule has 134 valence electrons. The fourth-order valence-corrected chi connectivity index (χ4v) is 2.73. The normalized spacial score (nSPS) is 13.4. The highest BCUT2D eigenvalue weighted by molar-refractivity contribution is 6.31. The van der Waals surface area contributed by atoms with Crippen LogP contribution in [0.2, 0.25) is 5.02 Å². The van der Waals surface area contributed by atoms with Crippen LogP contribution in [0.15, 0.2) is 42.5 Å². The van der Waals surface area contributed by atoms with E-state index in [9.17, 15) is 9.90 Å². The van der Waals surface area contributed by atoms with E-state index in [0.29, 0.717) is 21.9 Å². The number of aliphatic hydroxyl groups excluding tert-OH is 1. The quantitative estimate of drug-likeness (QED) is 0.652. The summed E-state index contributed by atoms with van der Waals surface area (Å²) in [5.74, 6) is -0.618. The van der Waals surface area contributed by atoms with Gasteiger partial charge in [0.05, 0.1) is 23.2 Å². The number of nitrogens with one attached hydrogen (secondary N) is 1. The molecule has 3 aromatic rings. The number of nitrogens with two attached hydrogens (primary N) is 1. The minimum Gasteiger partial charge on any atom is -0.393 e. The number of amides is 1. The van der Waals surface area contributed by atoms with Crippen molar-refractivity contribution in [3.8, 4) is 11.3 Å². The largest absolute Gasteiger partial charge is 0.393 e. The summed E-state index contributed by atoms with van der Waals surface area (Å²) < 4.78 is 0. The average molecular weight is 371 g/mol. The Kier molecular flexibility index (Phi) is 5.06. The first-order valence-corrected chi connectivity index (χ1v) is 8.55. The SMILES string of the molecule is CC(O)[C@H](C)C(=O)Nc1cccc(-c2nc(N)nc3ccc(Cl)cc23)c1. The number of carbonyl (C=O) groups is 1. The molecule has 4 N–H and O–H groups in total. The van der Waals surface area contributed by atoms with Crippen molar-refractivity contribution >= 4 is 40.0 Å². The summed E-state index contributed by atoms with van der Waals surface area (Å²) in [6.45, 7) is 3.25. The number of hydrogen-bond acceptors (Lipinski definition) is 5. The van der Waals surface area contributed by atoms with Gasteiger partial charge >= 0.3 is 0 Å². The molecule has 1 amide bonds. The number of rotatable bonds is 4. The fourth-order valence-electron chi connectivity index (χ4n) is 2.56. The fraction of sp³-hybridized carbons (Fsp3) is 0.211. The molecule has 6 nitrogen and oxygen atoms in total. The molecule has 0 aliphatic heterocycles. The Morgan fingerprint density at radius 3 is 2.69 bits per heavy atom. The van der Waals surface area contributed by atoms with Crippen LogP contribution in [0.25, 0.3) is 22.2 Å². The lowest BCUT2D eigenvalue weighted by Crippen LogP contribution is -2.28. The number of anilines is 2. The summed E-state index contributed by atoms with van der Waals surface area (Å²) in [6.07, 6.45) is -0.731. The van der Waals surface area contributed by atoms with Gasteiger partial charge in [0.2, 0.25) is 11.9 Å². The molecule has 3 rings (SSSR count). The Bertz CT molecular complexity index is 975. The zero-order valence-electron chi connectivity index (χ0n) is 14.4. The number of aliphatic hydroxyl groups is 1. The third kappa shape index (κ3) is 3.76. The second-order valence-corrected chi connectivity index (χ2v) is 6.63. The summed E-state index contributed by atoms with van der Waals surface area (Å²) in [6, 6.07) is 12.6. The molecule has 26 heavy (non-hydrogen) atoms. The van der Waals surface area contributed by atoms with Gasteiger partial charge < -0.3 is 16.2 Å². The zero-order chi connectivity index (χ0) is 18.8. The minimum absolute atomic E-state index is 0.159. The van der Waals surface area contributed by atoms with Crippen LogP contribution in [0.3, 0.4) is 0 Å². The molecule has 1 aromatic heterocycles. The third-order valence-electron chi connectivity index (χ3n) is 4.22. The number of hydrogen-bond donors (Lipinski definition) is 3. The van der Waals surface area contributed by atoms with Crippen LogP contribution >= 0.6 is 11.6 Å². The van der Waals surface area contributed by atoms with Crippen molar-refractivity contribution < 1.29 is 9.90 Å². The number of nitrogens with zero attached hydrogens (tertiary/aromatic N) is 2. The molecule has 0 bridgehead atoms. The molecule has 0 aliphatic rings. The van der Waals surface area contributed by atoms with Crippen molar-refractivity contribution in [2.75, 3.05) is 11.1 Å². The Labute approximate surface area is 156 Å². The number of nitrogen functional groups attached to an aromatic ring is 1. The van der Waals surface area contributed by atoms with Crippen LogP contribution < -0.4 is 11.1 Å². The Morgan fingerprint density at radius 2 is 1.96 bits per heavy atom. The molecule has 0 spiro atoms. The maximum atomic E-state index is 12.2. The Hall–Kier alpha value is -2.70. The van der Waals surface area contributed by atoms with Crippen molar-refractivity contribution in [3.05, 3.63) is 47.5 Å². The third-order valence-corrected chi connectivity index (χ3v) is 4.45. The molecule has 0 aliphatic carbocycles. The van der Waals surface area contributed by atoms with Crippen molar-refractivity contribution in [1.29, 1.82) is 0 Å². The molecular weight excluding hydrogens is 352 g/mol. The highest BCUT2D eigenvalue weighted by atomic mass is 35.5. The van der Waals surface area contributed by atoms with Gasteiger partial charge in [-0.05, 0) is 37.3 Å². The first kappa shape index (κ1) is 18.1. The van der Waals surface area contributed by atoms with E-state index in [-0.39, 0.29) is 11.9 Å². The second kappa shape index (κ2) is 7.27. The standard InChI is InChI=1S/C19H19ClN4O2/c1-10(11(2)25)18(26)22-14-5-3-4-12(8-14)17-15-9-13(20)6-7-16(15)23-19(21)24-17/h3-11,25H,1-2H3,(H,22,26)(H2,21,23,24)/t10-,11?/m0/s1. The van der Waals surface area contributed by atoms with Gasteiger partial charge in [-0.15, -0.1) is 0 Å². The highest BCUT2D eigenvalue weighted by Gasteiger charge is 2.18. The summed E-state index contributed by atoms with van der Waals surface area (Å²) in [7, 11) is 0. The lowest BCUT2D eigenvalue weighted by atomic mass is 10.0. The lowest BCUT2D eigenvalue weighted by molar-refractivity contribution is -0.122. The van der Waals surface area contributed by atoms with E-state index in [2.05, 4.69) is 15.3 Å².